The zero-order valence-corrected chi connectivity index (χ0v) is 21.4. The first-order chi connectivity index (χ1) is 17.5. The lowest BCUT2D eigenvalue weighted by molar-refractivity contribution is -0.140. The van der Waals surface area contributed by atoms with Crippen molar-refractivity contribution in [3.63, 3.8) is 0 Å². The number of aliphatic hydroxyl groups excluding tert-OH is 1. The molecule has 0 saturated carbocycles. The number of nitrogens with zero attached hydrogens (tertiary/aromatic N) is 1. The number of carbonyl (C=O) groups is 2. The van der Waals surface area contributed by atoms with E-state index in [1.54, 1.807) is 42.5 Å². The van der Waals surface area contributed by atoms with Gasteiger partial charge >= 0.3 is 0 Å². The Morgan fingerprint density at radius 1 is 0.944 bits per heavy atom. The summed E-state index contributed by atoms with van der Waals surface area (Å²) in [6.45, 7) is 5.57. The maximum Gasteiger partial charge on any atom is 0.295 e. The van der Waals surface area contributed by atoms with E-state index in [1.165, 1.54) is 19.1 Å². The van der Waals surface area contributed by atoms with Crippen LogP contribution in [-0.2, 0) is 14.3 Å². The first-order valence-electron chi connectivity index (χ1n) is 12.3. The first-order valence-corrected chi connectivity index (χ1v) is 12.3. The third kappa shape index (κ3) is 5.99. The minimum absolute atomic E-state index is 0.00505. The summed E-state index contributed by atoms with van der Waals surface area (Å²) < 4.78 is 22.3. The molecule has 3 rings (SSSR count). The molecule has 2 aromatic carbocycles. The Morgan fingerprint density at radius 3 is 2.44 bits per heavy atom. The maximum absolute atomic E-state index is 13.2. The molecule has 1 saturated heterocycles. The zero-order valence-electron chi connectivity index (χ0n) is 21.4. The van der Waals surface area contributed by atoms with Crippen LogP contribution in [0, 0.1) is 0 Å². The summed E-state index contributed by atoms with van der Waals surface area (Å²) in [7, 11) is 3.06. The summed E-state index contributed by atoms with van der Waals surface area (Å²) in [4.78, 5) is 27.7. The minimum Gasteiger partial charge on any atom is -0.507 e. The molecular weight excluding hydrogens is 462 g/mol. The van der Waals surface area contributed by atoms with E-state index in [4.69, 9.17) is 18.9 Å². The van der Waals surface area contributed by atoms with Crippen LogP contribution in [0.4, 0.5) is 0 Å². The maximum atomic E-state index is 13.2. The molecule has 0 aromatic heterocycles. The van der Waals surface area contributed by atoms with E-state index in [2.05, 4.69) is 6.92 Å². The van der Waals surface area contributed by atoms with Crippen LogP contribution in [0.1, 0.15) is 50.3 Å². The van der Waals surface area contributed by atoms with Crippen LogP contribution < -0.4 is 14.2 Å². The van der Waals surface area contributed by atoms with Gasteiger partial charge in [-0.2, -0.15) is 0 Å². The van der Waals surface area contributed by atoms with Crippen molar-refractivity contribution in [2.24, 2.45) is 0 Å². The minimum atomic E-state index is -0.820. The van der Waals surface area contributed by atoms with Crippen molar-refractivity contribution in [2.45, 2.75) is 39.2 Å². The molecule has 1 unspecified atom stereocenters. The van der Waals surface area contributed by atoms with Gasteiger partial charge in [-0.05, 0) is 42.7 Å². The number of Topliss-reactive ketones (excluding diaryl/α,β-unsaturated/α-hetero) is 1. The molecule has 2 aromatic rings. The normalized spacial score (nSPS) is 16.9. The monoisotopic (exact) mass is 497 g/mol. The highest BCUT2D eigenvalue weighted by Gasteiger charge is 2.46. The summed E-state index contributed by atoms with van der Waals surface area (Å²) in [5, 5.41) is 11.3. The molecule has 0 aliphatic carbocycles. The van der Waals surface area contributed by atoms with Crippen LogP contribution in [0.5, 0.6) is 17.2 Å². The van der Waals surface area contributed by atoms with Crippen LogP contribution in [-0.4, -0.2) is 62.3 Å². The number of methoxy groups -OCH3 is 2. The molecule has 1 N–H and O–H groups in total. The van der Waals surface area contributed by atoms with Gasteiger partial charge < -0.3 is 29.0 Å². The highest BCUT2D eigenvalue weighted by molar-refractivity contribution is 6.46. The number of carbonyl (C=O) groups excluding carboxylic acids is 2. The summed E-state index contributed by atoms with van der Waals surface area (Å²) >= 11 is 0. The summed E-state index contributed by atoms with van der Waals surface area (Å²) in [5.41, 5.74) is 1.01. The topological polar surface area (TPSA) is 94.5 Å². The molecule has 1 aliphatic rings. The highest BCUT2D eigenvalue weighted by atomic mass is 16.5. The molecule has 0 radical (unpaired) electrons. The second-order valence-corrected chi connectivity index (χ2v) is 8.47. The molecule has 8 nitrogen and oxygen atoms in total. The molecule has 194 valence electrons. The molecule has 1 fully saturated rings. The van der Waals surface area contributed by atoms with E-state index in [9.17, 15) is 14.7 Å². The number of hydrogen-bond acceptors (Lipinski definition) is 7. The van der Waals surface area contributed by atoms with Crippen LogP contribution in [0.3, 0.4) is 0 Å². The molecule has 1 heterocycles. The van der Waals surface area contributed by atoms with Gasteiger partial charge in [0.25, 0.3) is 11.7 Å². The van der Waals surface area contributed by atoms with Gasteiger partial charge in [-0.3, -0.25) is 9.59 Å². The fourth-order valence-corrected chi connectivity index (χ4v) is 4.06. The van der Waals surface area contributed by atoms with Crippen LogP contribution in [0.2, 0.25) is 0 Å². The third-order valence-corrected chi connectivity index (χ3v) is 5.92. The summed E-state index contributed by atoms with van der Waals surface area (Å²) in [5.74, 6) is -0.0843. The van der Waals surface area contributed by atoms with Crippen LogP contribution >= 0.6 is 0 Å². The molecule has 8 heteroatoms. The van der Waals surface area contributed by atoms with Gasteiger partial charge in [0.05, 0.1) is 38.5 Å². The van der Waals surface area contributed by atoms with Crippen molar-refractivity contribution < 1.29 is 33.6 Å². The number of benzene rings is 2. The van der Waals surface area contributed by atoms with Crippen LogP contribution in [0.15, 0.2) is 48.0 Å². The van der Waals surface area contributed by atoms with Crippen molar-refractivity contribution in [1.82, 2.24) is 4.90 Å². The van der Waals surface area contributed by atoms with Gasteiger partial charge in [0.15, 0.2) is 11.5 Å². The van der Waals surface area contributed by atoms with E-state index >= 15 is 0 Å². The fourth-order valence-electron chi connectivity index (χ4n) is 4.06. The van der Waals surface area contributed by atoms with Gasteiger partial charge in [-0.1, -0.05) is 38.5 Å². The van der Waals surface area contributed by atoms with Gasteiger partial charge in [0, 0.05) is 19.2 Å². The summed E-state index contributed by atoms with van der Waals surface area (Å²) in [6.07, 6.45) is 2.74. The number of ether oxygens (including phenoxy) is 4. The van der Waals surface area contributed by atoms with Gasteiger partial charge in [-0.15, -0.1) is 0 Å². The average molecular weight is 498 g/mol. The quantitative estimate of drug-likeness (QED) is 0.185. The number of aliphatic hydroxyl groups is 1. The zero-order chi connectivity index (χ0) is 26.1. The molecular formula is C28H35NO7. The second-order valence-electron chi connectivity index (χ2n) is 8.47. The lowest BCUT2D eigenvalue weighted by Crippen LogP contribution is -2.32. The van der Waals surface area contributed by atoms with E-state index < -0.39 is 17.7 Å². The lowest BCUT2D eigenvalue weighted by atomic mass is 9.95. The van der Waals surface area contributed by atoms with E-state index in [-0.39, 0.29) is 24.5 Å². The molecule has 1 atom stereocenters. The van der Waals surface area contributed by atoms with Crippen molar-refractivity contribution >= 4 is 17.4 Å². The Hall–Kier alpha value is -3.52. The predicted molar refractivity (Wildman–Crippen MR) is 137 cm³/mol. The molecule has 1 aliphatic heterocycles. The van der Waals surface area contributed by atoms with E-state index in [0.717, 1.165) is 19.3 Å². The van der Waals surface area contributed by atoms with Crippen LogP contribution in [0.25, 0.3) is 5.76 Å². The van der Waals surface area contributed by atoms with Crippen molar-refractivity contribution in [1.29, 1.82) is 0 Å². The average Bonchev–Trinajstić information content (AvgIpc) is 3.15. The summed E-state index contributed by atoms with van der Waals surface area (Å²) in [6, 6.07) is 11.3. The van der Waals surface area contributed by atoms with Gasteiger partial charge in [-0.25, -0.2) is 0 Å². The predicted octanol–water partition coefficient (Wildman–Crippen LogP) is 4.73. The second kappa shape index (κ2) is 13.0. The van der Waals surface area contributed by atoms with Crippen molar-refractivity contribution in [3.8, 4) is 17.2 Å². The van der Waals surface area contributed by atoms with E-state index in [1.807, 2.05) is 6.92 Å². The van der Waals surface area contributed by atoms with Crippen molar-refractivity contribution in [3.05, 3.63) is 59.2 Å². The Morgan fingerprint density at radius 2 is 1.75 bits per heavy atom. The lowest BCUT2D eigenvalue weighted by Gasteiger charge is -2.25. The number of rotatable bonds is 13. The SMILES string of the molecule is CCCCOc1ccc(C2C(=C(O)c3cccc(OCCC)c3)C(=O)C(=O)N2CCOC)cc1OC. The third-order valence-electron chi connectivity index (χ3n) is 5.92. The largest absolute Gasteiger partial charge is 0.507 e. The number of likely N-dealkylation sites (tertiary alicyclic amines) is 1. The van der Waals surface area contributed by atoms with Gasteiger partial charge in [0.1, 0.15) is 11.5 Å². The Labute approximate surface area is 212 Å². The molecule has 1 amide bonds. The molecule has 0 bridgehead atoms. The van der Waals surface area contributed by atoms with E-state index in [0.29, 0.717) is 41.6 Å². The number of hydrogen-bond donors (Lipinski definition) is 1. The number of amides is 1. The Bertz CT molecular complexity index is 1100. The smallest absolute Gasteiger partial charge is 0.295 e. The van der Waals surface area contributed by atoms with Gasteiger partial charge in [0.2, 0.25) is 0 Å². The van der Waals surface area contributed by atoms with Crippen molar-refractivity contribution in [2.75, 3.05) is 40.6 Å². The fraction of sp³-hybridized carbons (Fsp3) is 0.429. The number of ketones is 1. The number of unbranched alkanes of at least 4 members (excludes halogenated alkanes) is 1. The highest BCUT2D eigenvalue weighted by Crippen LogP contribution is 2.42. The first kappa shape index (κ1) is 27.1. The standard InChI is InChI=1S/C28H35NO7/c1-5-7-15-36-22-12-11-19(18-23(22)34-4)25-24(27(31)28(32)29(25)13-16-33-3)26(30)20-9-8-10-21(17-20)35-14-6-2/h8-12,17-18,25,30H,5-7,13-16H2,1-4H3. The Kier molecular flexibility index (Phi) is 9.76. The molecule has 36 heavy (non-hydrogen) atoms. The Balaban J connectivity index is 2.09. The molecule has 0 spiro atoms.